The summed E-state index contributed by atoms with van der Waals surface area (Å²) in [6, 6.07) is 8.84. The van der Waals surface area contributed by atoms with Crippen LogP contribution in [0.5, 0.6) is 5.75 Å². The van der Waals surface area contributed by atoms with Crippen molar-refractivity contribution in [2.24, 2.45) is 4.99 Å². The Labute approximate surface area is 137 Å². The molecule has 0 aromatic heterocycles. The highest BCUT2D eigenvalue weighted by atomic mass is 32.2. The number of methoxy groups -OCH3 is 1. The summed E-state index contributed by atoms with van der Waals surface area (Å²) in [5.41, 5.74) is 1.23. The van der Waals surface area contributed by atoms with Crippen molar-refractivity contribution in [2.45, 2.75) is 11.0 Å². The molecule has 5 nitrogen and oxygen atoms in total. The fourth-order valence-corrected chi connectivity index (χ4v) is 3.10. The molecule has 0 fully saturated rings. The highest BCUT2D eigenvalue weighted by molar-refractivity contribution is 7.99. The summed E-state index contributed by atoms with van der Waals surface area (Å²) in [5.74, 6) is 1.89. The van der Waals surface area contributed by atoms with E-state index < -0.39 is 0 Å². The molecule has 1 aliphatic rings. The molecule has 0 bridgehead atoms. The van der Waals surface area contributed by atoms with Crippen molar-refractivity contribution in [3.8, 4) is 5.75 Å². The average molecular weight is 323 g/mol. The van der Waals surface area contributed by atoms with Gasteiger partial charge in [-0.2, -0.15) is 0 Å². The van der Waals surface area contributed by atoms with Crippen LogP contribution in [-0.2, 0) is 10.5 Å². The molecule has 0 amide bonds. The number of benzene rings is 1. The first-order valence-electron chi connectivity index (χ1n) is 7.48. The monoisotopic (exact) mass is 323 g/mol. The van der Waals surface area contributed by atoms with E-state index in [1.165, 1.54) is 5.56 Å². The maximum absolute atomic E-state index is 5.61. The second-order valence-electron chi connectivity index (χ2n) is 5.42. The zero-order valence-electron chi connectivity index (χ0n) is 13.5. The molecule has 1 aromatic carbocycles. The van der Waals surface area contributed by atoms with Crippen LogP contribution < -0.4 is 10.1 Å². The molecular formula is C16H25N3O2S. The zero-order chi connectivity index (χ0) is 15.8. The standard InChI is InChI=1S/C16H25N3O2S/c1-19(2)8-9-21-16-17-10-14(11-18-16)22-12-13-6-4-5-7-15(13)20-3/h4-7,14H,8-12H2,1-3H3,(H,17,18). The fraction of sp³-hybridized carbons (Fsp3) is 0.562. The lowest BCUT2D eigenvalue weighted by molar-refractivity contribution is 0.239. The van der Waals surface area contributed by atoms with Gasteiger partial charge in [0.15, 0.2) is 0 Å². The molecule has 1 aromatic rings. The number of nitrogens with one attached hydrogen (secondary N) is 1. The normalized spacial score (nSPS) is 17.8. The van der Waals surface area contributed by atoms with E-state index in [1.54, 1.807) is 7.11 Å². The smallest absolute Gasteiger partial charge is 0.284 e. The Kier molecular flexibility index (Phi) is 6.86. The highest BCUT2D eigenvalue weighted by Gasteiger charge is 2.17. The molecule has 0 saturated heterocycles. The van der Waals surface area contributed by atoms with Gasteiger partial charge in [0.25, 0.3) is 6.02 Å². The number of likely N-dealkylation sites (N-methyl/N-ethyl adjacent to an activating group) is 1. The van der Waals surface area contributed by atoms with Crippen molar-refractivity contribution in [1.82, 2.24) is 10.2 Å². The van der Waals surface area contributed by atoms with Gasteiger partial charge in [-0.3, -0.25) is 0 Å². The average Bonchev–Trinajstić information content (AvgIpc) is 2.54. The SMILES string of the molecule is COc1ccccc1CSC1CN=C(OCCN(C)C)NC1. The minimum Gasteiger partial charge on any atom is -0.496 e. The molecule has 6 heteroatoms. The van der Waals surface area contributed by atoms with Gasteiger partial charge in [0, 0.05) is 29.7 Å². The zero-order valence-corrected chi connectivity index (χ0v) is 14.4. The Morgan fingerprint density at radius 2 is 2.18 bits per heavy atom. The third-order valence-electron chi connectivity index (χ3n) is 3.36. The first-order valence-corrected chi connectivity index (χ1v) is 8.53. The van der Waals surface area contributed by atoms with Gasteiger partial charge >= 0.3 is 0 Å². The van der Waals surface area contributed by atoms with E-state index in [9.17, 15) is 0 Å². The van der Waals surface area contributed by atoms with Crippen molar-refractivity contribution in [1.29, 1.82) is 0 Å². The van der Waals surface area contributed by atoms with Crippen LogP contribution in [0.4, 0.5) is 0 Å². The van der Waals surface area contributed by atoms with Gasteiger partial charge in [0.2, 0.25) is 0 Å². The summed E-state index contributed by atoms with van der Waals surface area (Å²) in [4.78, 5) is 6.57. The van der Waals surface area contributed by atoms with Crippen LogP contribution in [0.3, 0.4) is 0 Å². The number of hydrogen-bond donors (Lipinski definition) is 1. The second kappa shape index (κ2) is 8.90. The van der Waals surface area contributed by atoms with E-state index >= 15 is 0 Å². The molecule has 0 saturated carbocycles. The number of amidine groups is 1. The topological polar surface area (TPSA) is 46.1 Å². The second-order valence-corrected chi connectivity index (χ2v) is 6.71. The molecule has 0 aliphatic carbocycles. The highest BCUT2D eigenvalue weighted by Crippen LogP contribution is 2.25. The van der Waals surface area contributed by atoms with Crippen molar-refractivity contribution in [2.75, 3.05) is 47.4 Å². The van der Waals surface area contributed by atoms with E-state index in [1.807, 2.05) is 44.1 Å². The Bertz CT molecular complexity index is 494. The summed E-state index contributed by atoms with van der Waals surface area (Å²) in [6.45, 7) is 3.25. The van der Waals surface area contributed by atoms with E-state index in [0.29, 0.717) is 17.9 Å². The van der Waals surface area contributed by atoms with Gasteiger partial charge in [0.1, 0.15) is 12.4 Å². The maximum Gasteiger partial charge on any atom is 0.284 e. The van der Waals surface area contributed by atoms with Crippen LogP contribution in [0, 0.1) is 0 Å². The van der Waals surface area contributed by atoms with E-state index in [2.05, 4.69) is 21.3 Å². The molecule has 1 atom stereocenters. The van der Waals surface area contributed by atoms with Crippen LogP contribution in [0.15, 0.2) is 29.3 Å². The number of nitrogens with zero attached hydrogens (tertiary/aromatic N) is 2. The van der Waals surface area contributed by atoms with E-state index in [-0.39, 0.29) is 0 Å². The van der Waals surface area contributed by atoms with Gasteiger partial charge < -0.3 is 19.7 Å². The Balaban J connectivity index is 1.74. The van der Waals surface area contributed by atoms with Crippen LogP contribution in [-0.4, -0.2) is 63.6 Å². The number of rotatable bonds is 7. The summed E-state index contributed by atoms with van der Waals surface area (Å²) in [5, 5.41) is 3.73. The Morgan fingerprint density at radius 1 is 1.36 bits per heavy atom. The van der Waals surface area contributed by atoms with Crippen LogP contribution in [0.25, 0.3) is 0 Å². The summed E-state index contributed by atoms with van der Waals surface area (Å²) in [7, 11) is 5.78. The van der Waals surface area contributed by atoms with E-state index in [4.69, 9.17) is 9.47 Å². The molecule has 0 spiro atoms. The summed E-state index contributed by atoms with van der Waals surface area (Å²) < 4.78 is 11.0. The first kappa shape index (κ1) is 17.0. The van der Waals surface area contributed by atoms with Crippen molar-refractivity contribution >= 4 is 17.8 Å². The molecule has 0 radical (unpaired) electrons. The lowest BCUT2D eigenvalue weighted by Gasteiger charge is -2.23. The molecular weight excluding hydrogens is 298 g/mol. The van der Waals surface area contributed by atoms with Gasteiger partial charge in [0.05, 0.1) is 13.7 Å². The maximum atomic E-state index is 5.61. The fourth-order valence-electron chi connectivity index (χ4n) is 2.07. The minimum atomic E-state index is 0.464. The van der Waals surface area contributed by atoms with Gasteiger partial charge in [-0.05, 0) is 20.2 Å². The molecule has 1 unspecified atom stereocenters. The molecule has 22 heavy (non-hydrogen) atoms. The van der Waals surface area contributed by atoms with Crippen molar-refractivity contribution in [3.05, 3.63) is 29.8 Å². The first-order chi connectivity index (χ1) is 10.7. The predicted octanol–water partition coefficient (Wildman–Crippen LogP) is 1.83. The number of thioether (sulfide) groups is 1. The molecule has 2 rings (SSSR count). The molecule has 1 heterocycles. The number of ether oxygens (including phenoxy) is 2. The molecule has 1 aliphatic heterocycles. The largest absolute Gasteiger partial charge is 0.496 e. The van der Waals surface area contributed by atoms with Crippen molar-refractivity contribution in [3.63, 3.8) is 0 Å². The van der Waals surface area contributed by atoms with Crippen LogP contribution in [0.1, 0.15) is 5.56 Å². The minimum absolute atomic E-state index is 0.464. The number of aliphatic imine (C=N–C) groups is 1. The molecule has 122 valence electrons. The number of hydrogen-bond acceptors (Lipinski definition) is 6. The lowest BCUT2D eigenvalue weighted by atomic mass is 10.2. The van der Waals surface area contributed by atoms with Crippen molar-refractivity contribution < 1.29 is 9.47 Å². The van der Waals surface area contributed by atoms with Gasteiger partial charge in [-0.15, -0.1) is 11.8 Å². The molecule has 1 N–H and O–H groups in total. The summed E-state index contributed by atoms with van der Waals surface area (Å²) in [6.07, 6.45) is 0. The third kappa shape index (κ3) is 5.42. The van der Waals surface area contributed by atoms with Crippen LogP contribution in [0.2, 0.25) is 0 Å². The van der Waals surface area contributed by atoms with E-state index in [0.717, 1.165) is 31.1 Å². The Hall–Kier alpha value is -1.40. The lowest BCUT2D eigenvalue weighted by Crippen LogP contribution is -2.39. The number of para-hydroxylation sites is 1. The third-order valence-corrected chi connectivity index (χ3v) is 4.63. The van der Waals surface area contributed by atoms with Crippen LogP contribution >= 0.6 is 11.8 Å². The summed E-state index contributed by atoms with van der Waals surface area (Å²) >= 11 is 1.90. The predicted molar refractivity (Wildman–Crippen MR) is 92.9 cm³/mol. The van der Waals surface area contributed by atoms with Gasteiger partial charge in [-0.25, -0.2) is 4.99 Å². The quantitative estimate of drug-likeness (QED) is 0.829. The van der Waals surface area contributed by atoms with Gasteiger partial charge in [-0.1, -0.05) is 18.2 Å². The Morgan fingerprint density at radius 3 is 2.86 bits per heavy atom.